The van der Waals surface area contributed by atoms with Gasteiger partial charge in [0.15, 0.2) is 0 Å². The van der Waals surface area contributed by atoms with E-state index in [1.807, 2.05) is 19.1 Å². The summed E-state index contributed by atoms with van der Waals surface area (Å²) in [6, 6.07) is 11.1. The molecule has 0 spiro atoms. The molecule has 0 aromatic heterocycles. The lowest BCUT2D eigenvalue weighted by Gasteiger charge is -2.14. The van der Waals surface area contributed by atoms with Crippen LogP contribution in [0.25, 0.3) is 0 Å². The Morgan fingerprint density at radius 3 is 2.50 bits per heavy atom. The van der Waals surface area contributed by atoms with Crippen LogP contribution < -0.4 is 11.1 Å². The minimum absolute atomic E-state index is 0.190. The van der Waals surface area contributed by atoms with Gasteiger partial charge in [-0.05, 0) is 42.8 Å². The highest BCUT2D eigenvalue weighted by molar-refractivity contribution is 9.10. The summed E-state index contributed by atoms with van der Waals surface area (Å²) in [5.41, 5.74) is 7.50. The average molecular weight is 337 g/mol. The monoisotopic (exact) mass is 336 g/mol. The second kappa shape index (κ2) is 6.05. The van der Waals surface area contributed by atoms with Gasteiger partial charge in [-0.25, -0.2) is 4.39 Å². The molecule has 0 radical (unpaired) electrons. The fourth-order valence-corrected chi connectivity index (χ4v) is 2.30. The average Bonchev–Trinajstić information content (AvgIpc) is 2.38. The molecule has 0 fully saturated rings. The van der Waals surface area contributed by atoms with Crippen LogP contribution in [0, 0.1) is 5.82 Å². The van der Waals surface area contributed by atoms with E-state index in [9.17, 15) is 9.18 Å². The first-order valence-corrected chi connectivity index (χ1v) is 6.87. The van der Waals surface area contributed by atoms with Gasteiger partial charge in [-0.3, -0.25) is 4.79 Å². The highest BCUT2D eigenvalue weighted by atomic mass is 79.9. The normalized spacial score (nSPS) is 11.9. The molecule has 3 N–H and O–H groups in total. The smallest absolute Gasteiger partial charge is 0.251 e. The summed E-state index contributed by atoms with van der Waals surface area (Å²) in [7, 11) is 0. The van der Waals surface area contributed by atoms with Crippen molar-refractivity contribution < 1.29 is 9.18 Å². The van der Waals surface area contributed by atoms with E-state index < -0.39 is 5.82 Å². The van der Waals surface area contributed by atoms with Crippen LogP contribution in [0.2, 0.25) is 0 Å². The first-order chi connectivity index (χ1) is 9.45. The van der Waals surface area contributed by atoms with Gasteiger partial charge in [0.25, 0.3) is 5.91 Å². The Labute approximate surface area is 125 Å². The summed E-state index contributed by atoms with van der Waals surface area (Å²) in [5, 5.41) is 2.82. The molecule has 1 amide bonds. The quantitative estimate of drug-likeness (QED) is 0.840. The van der Waals surface area contributed by atoms with Crippen molar-refractivity contribution in [3.05, 3.63) is 63.9 Å². The fraction of sp³-hybridized carbons (Fsp3) is 0.133. The van der Waals surface area contributed by atoms with Crippen molar-refractivity contribution in [1.29, 1.82) is 0 Å². The molecular formula is C15H14BrFN2O. The molecule has 104 valence electrons. The number of halogens is 2. The summed E-state index contributed by atoms with van der Waals surface area (Å²) >= 11 is 3.17. The molecule has 1 atom stereocenters. The first kappa shape index (κ1) is 14.5. The van der Waals surface area contributed by atoms with Crippen molar-refractivity contribution in [2.45, 2.75) is 13.0 Å². The number of benzene rings is 2. The third-order valence-corrected chi connectivity index (χ3v) is 3.37. The molecule has 0 aliphatic rings. The number of amides is 1. The van der Waals surface area contributed by atoms with Crippen molar-refractivity contribution in [1.82, 2.24) is 5.32 Å². The lowest BCUT2D eigenvalue weighted by molar-refractivity contribution is 0.0939. The van der Waals surface area contributed by atoms with Crippen LogP contribution in [0.3, 0.4) is 0 Å². The number of nitrogen functional groups attached to an aromatic ring is 1. The highest BCUT2D eigenvalue weighted by Gasteiger charge is 2.12. The standard InChI is InChI=1S/C15H14BrFN2O/c1-9(10-2-4-14(18)5-3-10)19-15(20)11-6-12(16)8-13(17)7-11/h2-9H,18H2,1H3,(H,19,20). The van der Waals surface area contributed by atoms with Gasteiger partial charge in [0.05, 0.1) is 6.04 Å². The number of hydrogen-bond donors (Lipinski definition) is 2. The maximum Gasteiger partial charge on any atom is 0.251 e. The lowest BCUT2D eigenvalue weighted by Crippen LogP contribution is -2.26. The van der Waals surface area contributed by atoms with Gasteiger partial charge in [0, 0.05) is 15.7 Å². The molecule has 20 heavy (non-hydrogen) atoms. The molecule has 5 heteroatoms. The second-order valence-electron chi connectivity index (χ2n) is 4.52. The van der Waals surface area contributed by atoms with E-state index in [1.54, 1.807) is 18.2 Å². The fourth-order valence-electron chi connectivity index (χ4n) is 1.83. The number of hydrogen-bond acceptors (Lipinski definition) is 2. The summed E-state index contributed by atoms with van der Waals surface area (Å²) in [4.78, 5) is 12.1. The minimum atomic E-state index is -0.454. The zero-order valence-electron chi connectivity index (χ0n) is 10.9. The van der Waals surface area contributed by atoms with E-state index in [0.717, 1.165) is 5.56 Å². The Bertz CT molecular complexity index is 608. The third kappa shape index (κ3) is 3.57. The zero-order valence-corrected chi connectivity index (χ0v) is 12.4. The SMILES string of the molecule is CC(NC(=O)c1cc(F)cc(Br)c1)c1ccc(N)cc1. The van der Waals surface area contributed by atoms with Crippen molar-refractivity contribution in [2.75, 3.05) is 5.73 Å². The predicted molar refractivity (Wildman–Crippen MR) is 80.8 cm³/mol. The van der Waals surface area contributed by atoms with Gasteiger partial charge in [-0.15, -0.1) is 0 Å². The number of carbonyl (C=O) groups is 1. The summed E-state index contributed by atoms with van der Waals surface area (Å²) < 4.78 is 13.8. The van der Waals surface area contributed by atoms with Crippen molar-refractivity contribution in [3.63, 3.8) is 0 Å². The molecule has 0 heterocycles. The molecule has 0 aliphatic carbocycles. The molecule has 0 saturated heterocycles. The Kier molecular flexibility index (Phi) is 4.39. The lowest BCUT2D eigenvalue weighted by atomic mass is 10.1. The maximum atomic E-state index is 13.3. The van der Waals surface area contributed by atoms with Gasteiger partial charge in [0.1, 0.15) is 5.82 Å². The van der Waals surface area contributed by atoms with E-state index in [4.69, 9.17) is 5.73 Å². The number of nitrogens with one attached hydrogen (secondary N) is 1. The van der Waals surface area contributed by atoms with Crippen LogP contribution in [0.15, 0.2) is 46.9 Å². The predicted octanol–water partition coefficient (Wildman–Crippen LogP) is 3.66. The molecule has 2 rings (SSSR count). The van der Waals surface area contributed by atoms with Gasteiger partial charge < -0.3 is 11.1 Å². The van der Waals surface area contributed by atoms with Crippen LogP contribution in [0.5, 0.6) is 0 Å². The van der Waals surface area contributed by atoms with Gasteiger partial charge in [-0.2, -0.15) is 0 Å². The Hall–Kier alpha value is -1.88. The summed E-state index contributed by atoms with van der Waals surface area (Å²) in [6.45, 7) is 1.86. The molecular weight excluding hydrogens is 323 g/mol. The van der Waals surface area contributed by atoms with Crippen LogP contribution in [-0.2, 0) is 0 Å². The van der Waals surface area contributed by atoms with E-state index in [1.165, 1.54) is 12.1 Å². The van der Waals surface area contributed by atoms with E-state index in [-0.39, 0.29) is 17.5 Å². The number of rotatable bonds is 3. The molecule has 2 aromatic carbocycles. The summed E-state index contributed by atoms with van der Waals surface area (Å²) in [5.74, 6) is -0.779. The second-order valence-corrected chi connectivity index (χ2v) is 5.44. The van der Waals surface area contributed by atoms with E-state index in [2.05, 4.69) is 21.2 Å². The van der Waals surface area contributed by atoms with Crippen molar-refractivity contribution >= 4 is 27.5 Å². The first-order valence-electron chi connectivity index (χ1n) is 6.08. The van der Waals surface area contributed by atoms with Crippen LogP contribution in [0.4, 0.5) is 10.1 Å². The third-order valence-electron chi connectivity index (χ3n) is 2.91. The Morgan fingerprint density at radius 2 is 1.90 bits per heavy atom. The van der Waals surface area contributed by atoms with Gasteiger partial charge >= 0.3 is 0 Å². The molecule has 0 bridgehead atoms. The Balaban J connectivity index is 2.12. The van der Waals surface area contributed by atoms with Crippen LogP contribution in [-0.4, -0.2) is 5.91 Å². The number of carbonyl (C=O) groups excluding carboxylic acids is 1. The minimum Gasteiger partial charge on any atom is -0.399 e. The molecule has 0 saturated carbocycles. The van der Waals surface area contributed by atoms with E-state index in [0.29, 0.717) is 10.2 Å². The highest BCUT2D eigenvalue weighted by Crippen LogP contribution is 2.18. The van der Waals surface area contributed by atoms with Crippen molar-refractivity contribution in [3.8, 4) is 0 Å². The van der Waals surface area contributed by atoms with E-state index >= 15 is 0 Å². The Morgan fingerprint density at radius 1 is 1.25 bits per heavy atom. The number of nitrogens with two attached hydrogens (primary N) is 1. The van der Waals surface area contributed by atoms with Crippen molar-refractivity contribution in [2.24, 2.45) is 0 Å². The van der Waals surface area contributed by atoms with Gasteiger partial charge in [0.2, 0.25) is 0 Å². The molecule has 2 aromatic rings. The maximum absolute atomic E-state index is 13.3. The molecule has 0 aliphatic heterocycles. The zero-order chi connectivity index (χ0) is 14.7. The molecule has 1 unspecified atom stereocenters. The number of anilines is 1. The van der Waals surface area contributed by atoms with Crippen LogP contribution in [0.1, 0.15) is 28.9 Å². The van der Waals surface area contributed by atoms with Gasteiger partial charge in [-0.1, -0.05) is 28.1 Å². The topological polar surface area (TPSA) is 55.1 Å². The summed E-state index contributed by atoms with van der Waals surface area (Å²) in [6.07, 6.45) is 0. The molecule has 3 nitrogen and oxygen atoms in total. The van der Waals surface area contributed by atoms with Crippen LogP contribution >= 0.6 is 15.9 Å². The largest absolute Gasteiger partial charge is 0.399 e.